The number of nitrogens with zero attached hydrogens (tertiary/aromatic N) is 1. The molecule has 0 saturated carbocycles. The predicted molar refractivity (Wildman–Crippen MR) is 32.9 cm³/mol. The van der Waals surface area contributed by atoms with Crippen molar-refractivity contribution in [3.05, 3.63) is 0 Å². The Morgan fingerprint density at radius 1 is 1.86 bits per heavy atom. The first-order valence-electron chi connectivity index (χ1n) is 2.38. The molecule has 1 nitrogen and oxygen atoms in total. The van der Waals surface area contributed by atoms with E-state index >= 15 is 0 Å². The quantitative estimate of drug-likeness (QED) is 0.421. The fraction of sp³-hybridized carbons (Fsp3) is 0.800. The van der Waals surface area contributed by atoms with Crippen LogP contribution in [0.5, 0.6) is 0 Å². The van der Waals surface area contributed by atoms with Gasteiger partial charge in [0.25, 0.3) is 0 Å². The van der Waals surface area contributed by atoms with Gasteiger partial charge in [-0.1, -0.05) is 0 Å². The number of hydrogen-bond acceptors (Lipinski definition) is 1. The van der Waals surface area contributed by atoms with Crippen molar-refractivity contribution >= 4 is 20.3 Å². The van der Waals surface area contributed by atoms with Crippen molar-refractivity contribution in [2.75, 3.05) is 0 Å². The summed E-state index contributed by atoms with van der Waals surface area (Å²) in [5.74, 6) is 0. The molecule has 0 aromatic heterocycles. The zero-order valence-corrected chi connectivity index (χ0v) is 6.35. The molecular weight excluding hydrogens is 153 g/mol. The van der Waals surface area contributed by atoms with Gasteiger partial charge in [-0.15, -0.1) is 0 Å². The number of hydrogen-bond donors (Lipinski definition) is 0. The Balaban J connectivity index is 3.35. The van der Waals surface area contributed by atoms with Crippen LogP contribution in [0, 0.1) is 0 Å². The van der Waals surface area contributed by atoms with E-state index in [-0.39, 0.29) is 0 Å². The normalized spacial score (nSPS) is 12.3. The van der Waals surface area contributed by atoms with Crippen LogP contribution in [-0.4, -0.2) is 26.3 Å². The Labute approximate surface area is 52.2 Å². The van der Waals surface area contributed by atoms with Gasteiger partial charge >= 0.3 is 51.6 Å². The molecule has 0 bridgehead atoms. The van der Waals surface area contributed by atoms with E-state index in [1.165, 1.54) is 0 Å². The van der Waals surface area contributed by atoms with Gasteiger partial charge in [-0.3, -0.25) is 0 Å². The van der Waals surface area contributed by atoms with Gasteiger partial charge in [0.15, 0.2) is 0 Å². The second kappa shape index (κ2) is 4.26. The summed E-state index contributed by atoms with van der Waals surface area (Å²) in [5, 5.41) is 0. The van der Waals surface area contributed by atoms with E-state index in [4.69, 9.17) is 0 Å². The van der Waals surface area contributed by atoms with Crippen LogP contribution in [0.3, 0.4) is 0 Å². The molecule has 0 aliphatic heterocycles. The van der Waals surface area contributed by atoms with Crippen molar-refractivity contribution in [1.29, 1.82) is 0 Å². The number of aliphatic imine (C=N–C) groups is 1. The Morgan fingerprint density at radius 2 is 2.43 bits per heavy atom. The summed E-state index contributed by atoms with van der Waals surface area (Å²) in [7, 11) is 0. The van der Waals surface area contributed by atoms with Gasteiger partial charge in [-0.25, -0.2) is 0 Å². The Morgan fingerprint density at radius 3 is 2.57 bits per heavy atom. The SMILES string of the molecule is CCC(C)N=C=[Se]. The third kappa shape index (κ3) is 3.94. The molecule has 1 unspecified atom stereocenters. The van der Waals surface area contributed by atoms with E-state index in [1.54, 1.807) is 0 Å². The molecule has 7 heavy (non-hydrogen) atoms. The maximum absolute atomic E-state index is 3.94. The molecule has 0 radical (unpaired) electrons. The van der Waals surface area contributed by atoms with Gasteiger partial charge in [0.05, 0.1) is 0 Å². The molecule has 0 heterocycles. The zero-order valence-electron chi connectivity index (χ0n) is 4.64. The fourth-order valence-electron chi connectivity index (χ4n) is 0.181. The monoisotopic (exact) mass is 163 g/mol. The first kappa shape index (κ1) is 7.10. The molecular formula is C5H9NSe. The molecule has 0 rings (SSSR count). The van der Waals surface area contributed by atoms with Gasteiger partial charge in [-0.2, -0.15) is 0 Å². The van der Waals surface area contributed by atoms with Crippen molar-refractivity contribution in [3.63, 3.8) is 0 Å². The molecule has 40 valence electrons. The molecule has 0 saturated heterocycles. The van der Waals surface area contributed by atoms with Crippen LogP contribution in [0.25, 0.3) is 0 Å². The molecule has 0 spiro atoms. The molecule has 0 aliphatic rings. The topological polar surface area (TPSA) is 12.4 Å². The van der Waals surface area contributed by atoms with Gasteiger partial charge in [0, 0.05) is 0 Å². The average Bonchev–Trinajstić information content (AvgIpc) is 1.68. The van der Waals surface area contributed by atoms with E-state index in [1.807, 2.05) is 0 Å². The summed E-state index contributed by atoms with van der Waals surface area (Å²) in [6.45, 7) is 4.16. The van der Waals surface area contributed by atoms with Crippen molar-refractivity contribution in [2.24, 2.45) is 4.99 Å². The second-order valence-corrected chi connectivity index (χ2v) is 1.86. The van der Waals surface area contributed by atoms with Crippen molar-refractivity contribution < 1.29 is 0 Å². The second-order valence-electron chi connectivity index (χ2n) is 1.48. The summed E-state index contributed by atoms with van der Waals surface area (Å²) in [6, 6.07) is 0.432. The van der Waals surface area contributed by atoms with E-state index in [0.29, 0.717) is 6.04 Å². The first-order chi connectivity index (χ1) is 3.31. The Kier molecular flexibility index (Phi) is 4.32. The summed E-state index contributed by atoms with van der Waals surface area (Å²) < 4.78 is 2.62. The van der Waals surface area contributed by atoms with Crippen LogP contribution in [0.1, 0.15) is 20.3 Å². The molecule has 0 amide bonds. The van der Waals surface area contributed by atoms with Crippen LogP contribution in [0.15, 0.2) is 4.99 Å². The zero-order chi connectivity index (χ0) is 5.70. The van der Waals surface area contributed by atoms with E-state index in [0.717, 1.165) is 6.42 Å². The summed E-state index contributed by atoms with van der Waals surface area (Å²) in [4.78, 5) is 3.94. The average molecular weight is 162 g/mol. The summed E-state index contributed by atoms with van der Waals surface area (Å²) in [6.07, 6.45) is 1.09. The maximum atomic E-state index is 3.94. The van der Waals surface area contributed by atoms with Crippen molar-refractivity contribution in [1.82, 2.24) is 0 Å². The van der Waals surface area contributed by atoms with Crippen LogP contribution >= 0.6 is 0 Å². The minimum atomic E-state index is 0.432. The van der Waals surface area contributed by atoms with Gasteiger partial charge in [0.1, 0.15) is 0 Å². The first-order valence-corrected chi connectivity index (χ1v) is 3.24. The third-order valence-corrected chi connectivity index (χ3v) is 1.09. The predicted octanol–water partition coefficient (Wildman–Crippen LogP) is 0.859. The minimum absolute atomic E-state index is 0.432. The molecule has 2 heteroatoms. The third-order valence-electron chi connectivity index (χ3n) is 0.864. The van der Waals surface area contributed by atoms with Gasteiger partial charge in [-0.05, 0) is 0 Å². The van der Waals surface area contributed by atoms with Crippen LogP contribution in [0.2, 0.25) is 0 Å². The van der Waals surface area contributed by atoms with Crippen LogP contribution < -0.4 is 0 Å². The summed E-state index contributed by atoms with van der Waals surface area (Å²) >= 11 is 2.59. The Bertz CT molecular complexity index is 84.1. The van der Waals surface area contributed by atoms with E-state index < -0.39 is 0 Å². The molecule has 0 fully saturated rings. The van der Waals surface area contributed by atoms with Gasteiger partial charge in [0.2, 0.25) is 0 Å². The Hall–Kier alpha value is 0.0995. The summed E-state index contributed by atoms with van der Waals surface area (Å²) in [5.41, 5.74) is 0. The van der Waals surface area contributed by atoms with Crippen molar-refractivity contribution in [2.45, 2.75) is 26.3 Å². The molecule has 0 aromatic carbocycles. The van der Waals surface area contributed by atoms with Crippen LogP contribution in [0.4, 0.5) is 0 Å². The van der Waals surface area contributed by atoms with E-state index in [9.17, 15) is 0 Å². The molecule has 0 aliphatic carbocycles. The molecule has 1 atom stereocenters. The molecule has 0 N–H and O–H groups in total. The van der Waals surface area contributed by atoms with E-state index in [2.05, 4.69) is 39.1 Å². The number of rotatable bonds is 2. The standard InChI is InChI=1S/C5H9NSe/c1-3-5(2)6-4-7/h5H,3H2,1-2H3. The van der Waals surface area contributed by atoms with Crippen LogP contribution in [-0.2, 0) is 0 Å². The molecule has 0 aromatic rings. The fourth-order valence-corrected chi connectivity index (χ4v) is 0.559. The van der Waals surface area contributed by atoms with Crippen molar-refractivity contribution in [3.8, 4) is 0 Å². The van der Waals surface area contributed by atoms with Gasteiger partial charge < -0.3 is 0 Å².